The summed E-state index contributed by atoms with van der Waals surface area (Å²) in [5.74, 6) is 0. The Morgan fingerprint density at radius 2 is 2.00 bits per heavy atom. The van der Waals surface area contributed by atoms with Crippen molar-refractivity contribution in [3.63, 3.8) is 0 Å². The monoisotopic (exact) mass is 238 g/mol. The largest absolute Gasteiger partial charge is 0.398 e. The average Bonchev–Trinajstić information content (AvgIpc) is 1.82. The number of hydrogen-bond donors (Lipinski definition) is 0. The molecule has 0 unspecified atom stereocenters. The predicted molar refractivity (Wildman–Crippen MR) is 41.4 cm³/mol. The zero-order chi connectivity index (χ0) is 9.19. The van der Waals surface area contributed by atoms with Crippen LogP contribution in [0.15, 0.2) is 22.8 Å². The van der Waals surface area contributed by atoms with Crippen LogP contribution in [0.3, 0.4) is 0 Å². The highest BCUT2D eigenvalue weighted by molar-refractivity contribution is 9.10. The summed E-state index contributed by atoms with van der Waals surface area (Å²) in [5.41, 5.74) is -0.100. The molecule has 1 nitrogen and oxygen atoms in total. The first-order valence-electron chi connectivity index (χ1n) is 3.02. The molecule has 0 spiro atoms. The highest BCUT2D eigenvalue weighted by Gasteiger charge is 2.28. The Bertz CT molecular complexity index is 272. The predicted octanol–water partition coefficient (Wildman–Crippen LogP) is 2.96. The summed E-state index contributed by atoms with van der Waals surface area (Å²) in [5, 5.41) is 0. The van der Waals surface area contributed by atoms with Gasteiger partial charge in [0.1, 0.15) is 11.0 Å². The van der Waals surface area contributed by atoms with Crippen molar-refractivity contribution in [1.29, 1.82) is 0 Å². The number of aromatic nitrogens is 1. The first-order chi connectivity index (χ1) is 5.47. The summed E-state index contributed by atoms with van der Waals surface area (Å²) >= 11 is 2.97. The summed E-state index contributed by atoms with van der Waals surface area (Å²) in [6.45, 7) is 0. The second-order valence-corrected chi connectivity index (χ2v) is 2.88. The van der Waals surface area contributed by atoms with E-state index in [4.69, 9.17) is 0 Å². The second kappa shape index (κ2) is 3.43. The molecule has 0 amide bonds. The lowest BCUT2D eigenvalue weighted by Crippen LogP contribution is -2.09. The van der Waals surface area contributed by atoms with Gasteiger partial charge in [0, 0.05) is 0 Å². The topological polar surface area (TPSA) is 12.9 Å². The number of hydrogen-bond acceptors (Lipinski definition) is 1. The Kier molecular flexibility index (Phi) is 2.72. The first kappa shape index (κ1) is 9.51. The van der Waals surface area contributed by atoms with Crippen molar-refractivity contribution in [2.75, 3.05) is 0 Å². The van der Waals surface area contributed by atoms with Crippen LogP contribution in [0.5, 0.6) is 0 Å². The molecule has 65 valence electrons. The van der Waals surface area contributed by atoms with E-state index in [-0.39, 0.29) is 12.1 Å². The fourth-order valence-electron chi connectivity index (χ4n) is 0.672. The SMILES string of the molecule is FC(F)(F)[CH]c1cccc(Br)n1. The van der Waals surface area contributed by atoms with E-state index in [1.807, 2.05) is 0 Å². The van der Waals surface area contributed by atoms with Crippen molar-refractivity contribution >= 4 is 15.9 Å². The quantitative estimate of drug-likeness (QED) is 0.686. The van der Waals surface area contributed by atoms with Gasteiger partial charge in [0.05, 0.1) is 5.69 Å². The molecule has 0 atom stereocenters. The fraction of sp³-hybridized carbons (Fsp3) is 0.143. The highest BCUT2D eigenvalue weighted by atomic mass is 79.9. The molecule has 0 N–H and O–H groups in total. The summed E-state index contributed by atoms with van der Waals surface area (Å²) < 4.78 is 35.7. The van der Waals surface area contributed by atoms with Gasteiger partial charge in [0.25, 0.3) is 0 Å². The van der Waals surface area contributed by atoms with Crippen molar-refractivity contribution in [3.05, 3.63) is 34.9 Å². The van der Waals surface area contributed by atoms with Crippen molar-refractivity contribution in [2.24, 2.45) is 0 Å². The number of rotatable bonds is 1. The standard InChI is InChI=1S/C7H4BrF3N/c8-6-3-1-2-5(12-6)4-7(9,10)11/h1-4H. The number of nitrogens with zero attached hydrogens (tertiary/aromatic N) is 1. The van der Waals surface area contributed by atoms with Gasteiger partial charge in [-0.3, -0.25) is 0 Å². The summed E-state index contributed by atoms with van der Waals surface area (Å²) in [6, 6.07) is 4.35. The molecule has 0 aliphatic heterocycles. The van der Waals surface area contributed by atoms with Gasteiger partial charge in [0.15, 0.2) is 0 Å². The summed E-state index contributed by atoms with van der Waals surface area (Å²) in [6.07, 6.45) is -4.16. The Hall–Kier alpha value is -0.580. The van der Waals surface area contributed by atoms with Crippen LogP contribution >= 0.6 is 15.9 Å². The molecule has 1 aromatic rings. The minimum atomic E-state index is -4.31. The Balaban J connectivity index is 2.77. The van der Waals surface area contributed by atoms with E-state index in [1.165, 1.54) is 12.1 Å². The van der Waals surface area contributed by atoms with Gasteiger partial charge in [-0.15, -0.1) is 0 Å². The van der Waals surface area contributed by atoms with Crippen LogP contribution in [0.2, 0.25) is 0 Å². The molecule has 1 heterocycles. The van der Waals surface area contributed by atoms with Gasteiger partial charge >= 0.3 is 6.18 Å². The maximum absolute atomic E-state index is 11.8. The van der Waals surface area contributed by atoms with E-state index in [0.717, 1.165) is 0 Å². The normalized spacial score (nSPS) is 11.7. The van der Waals surface area contributed by atoms with Gasteiger partial charge in [0.2, 0.25) is 0 Å². The molecule has 0 aliphatic rings. The number of alkyl halides is 3. The Morgan fingerprint density at radius 3 is 2.50 bits per heavy atom. The lowest BCUT2D eigenvalue weighted by molar-refractivity contribution is -0.0931. The maximum atomic E-state index is 11.8. The smallest absolute Gasteiger partial charge is 0.245 e. The Morgan fingerprint density at radius 1 is 1.33 bits per heavy atom. The zero-order valence-corrected chi connectivity index (χ0v) is 7.35. The van der Waals surface area contributed by atoms with E-state index in [0.29, 0.717) is 4.60 Å². The molecule has 0 aliphatic carbocycles. The molecule has 1 radical (unpaired) electrons. The van der Waals surface area contributed by atoms with Gasteiger partial charge < -0.3 is 0 Å². The van der Waals surface area contributed by atoms with Crippen LogP contribution in [0.1, 0.15) is 5.69 Å². The van der Waals surface area contributed by atoms with Crippen molar-refractivity contribution < 1.29 is 13.2 Å². The second-order valence-electron chi connectivity index (χ2n) is 2.07. The molecule has 12 heavy (non-hydrogen) atoms. The van der Waals surface area contributed by atoms with Crippen LogP contribution in [-0.2, 0) is 0 Å². The molecular weight excluding hydrogens is 235 g/mol. The average molecular weight is 239 g/mol. The number of pyridine rings is 1. The lowest BCUT2D eigenvalue weighted by Gasteiger charge is -2.04. The third-order valence-corrected chi connectivity index (χ3v) is 1.49. The highest BCUT2D eigenvalue weighted by Crippen LogP contribution is 2.22. The zero-order valence-electron chi connectivity index (χ0n) is 5.77. The van der Waals surface area contributed by atoms with Crippen molar-refractivity contribution in [1.82, 2.24) is 4.98 Å². The molecule has 0 fully saturated rings. The minimum Gasteiger partial charge on any atom is -0.245 e. The fourth-order valence-corrected chi connectivity index (χ4v) is 1.03. The number of halogens is 4. The molecule has 0 aromatic carbocycles. The third kappa shape index (κ3) is 3.21. The van der Waals surface area contributed by atoms with Crippen LogP contribution in [0, 0.1) is 6.42 Å². The van der Waals surface area contributed by atoms with Gasteiger partial charge in [-0.2, -0.15) is 13.2 Å². The van der Waals surface area contributed by atoms with Crippen LogP contribution in [0.4, 0.5) is 13.2 Å². The van der Waals surface area contributed by atoms with Crippen LogP contribution in [0.25, 0.3) is 0 Å². The molecule has 0 saturated heterocycles. The van der Waals surface area contributed by atoms with Gasteiger partial charge in [-0.1, -0.05) is 6.07 Å². The van der Waals surface area contributed by atoms with Crippen LogP contribution in [-0.4, -0.2) is 11.2 Å². The maximum Gasteiger partial charge on any atom is 0.398 e. The minimum absolute atomic E-state index is 0.100. The molecule has 5 heteroatoms. The summed E-state index contributed by atoms with van der Waals surface area (Å²) in [7, 11) is 0. The molecule has 0 saturated carbocycles. The van der Waals surface area contributed by atoms with E-state index in [2.05, 4.69) is 20.9 Å². The van der Waals surface area contributed by atoms with E-state index in [9.17, 15) is 13.2 Å². The van der Waals surface area contributed by atoms with E-state index in [1.54, 1.807) is 6.07 Å². The first-order valence-corrected chi connectivity index (χ1v) is 3.82. The van der Waals surface area contributed by atoms with Crippen molar-refractivity contribution in [3.8, 4) is 0 Å². The van der Waals surface area contributed by atoms with Crippen LogP contribution < -0.4 is 0 Å². The summed E-state index contributed by atoms with van der Waals surface area (Å²) in [4.78, 5) is 3.60. The molecule has 1 rings (SSSR count). The lowest BCUT2D eigenvalue weighted by atomic mass is 10.3. The van der Waals surface area contributed by atoms with E-state index >= 15 is 0 Å². The molecular formula is C7H4BrF3N. The molecule has 0 bridgehead atoms. The Labute approximate surface area is 75.7 Å². The van der Waals surface area contributed by atoms with Gasteiger partial charge in [-0.05, 0) is 28.1 Å². The van der Waals surface area contributed by atoms with Crippen molar-refractivity contribution in [2.45, 2.75) is 6.18 Å². The molecule has 1 aromatic heterocycles. The van der Waals surface area contributed by atoms with Gasteiger partial charge in [-0.25, -0.2) is 4.98 Å². The van der Waals surface area contributed by atoms with E-state index < -0.39 is 6.18 Å². The third-order valence-electron chi connectivity index (χ3n) is 1.05.